The van der Waals surface area contributed by atoms with Gasteiger partial charge in [-0.1, -0.05) is 28.1 Å². The van der Waals surface area contributed by atoms with Gasteiger partial charge in [-0.05, 0) is 105 Å². The van der Waals surface area contributed by atoms with Crippen LogP contribution in [0.5, 0.6) is 5.75 Å². The lowest BCUT2D eigenvalue weighted by atomic mass is 10.0. The Morgan fingerprint density at radius 3 is 2.50 bits per heavy atom. The molecule has 1 aliphatic heterocycles. The summed E-state index contributed by atoms with van der Waals surface area (Å²) in [6.45, 7) is 0. The topological polar surface area (TPSA) is 42.3 Å². The molecule has 1 saturated heterocycles. The fraction of sp³-hybridized carbons (Fsp3) is 0.241. The third kappa shape index (κ3) is 4.53. The summed E-state index contributed by atoms with van der Waals surface area (Å²) in [5, 5.41) is 4.24. The maximum atomic E-state index is 6.21. The normalized spacial score (nSPS) is 20.0. The number of nitrogens with one attached hydrogen (secondary N) is 1. The molecule has 2 fully saturated rings. The van der Waals surface area contributed by atoms with Crippen molar-refractivity contribution >= 4 is 38.9 Å². The van der Waals surface area contributed by atoms with E-state index >= 15 is 0 Å². The molecule has 1 aliphatic carbocycles. The SMILES string of the molecule is S=C1N[C@H](c2ccccn2)[C@H](c2cccn2-c2cccc(Br)c2)N1c1ccc(OC2CCCC2)cc1. The predicted octanol–water partition coefficient (Wildman–Crippen LogP) is 7.13. The summed E-state index contributed by atoms with van der Waals surface area (Å²) in [7, 11) is 0. The van der Waals surface area contributed by atoms with Gasteiger partial charge in [-0.2, -0.15) is 0 Å². The molecule has 1 N–H and O–H groups in total. The van der Waals surface area contributed by atoms with Gasteiger partial charge >= 0.3 is 0 Å². The molecule has 0 spiro atoms. The third-order valence-corrected chi connectivity index (χ3v) is 7.80. The van der Waals surface area contributed by atoms with E-state index in [1.54, 1.807) is 0 Å². The van der Waals surface area contributed by atoms with E-state index in [9.17, 15) is 0 Å². The average Bonchev–Trinajstić information content (AvgIpc) is 3.65. The smallest absolute Gasteiger partial charge is 0.174 e. The van der Waals surface area contributed by atoms with Gasteiger partial charge in [0, 0.05) is 33.9 Å². The van der Waals surface area contributed by atoms with Crippen LogP contribution in [0.3, 0.4) is 0 Å². The van der Waals surface area contributed by atoms with Crippen molar-refractivity contribution in [3.63, 3.8) is 0 Å². The van der Waals surface area contributed by atoms with Crippen LogP contribution in [-0.2, 0) is 0 Å². The molecule has 0 unspecified atom stereocenters. The highest BCUT2D eigenvalue weighted by molar-refractivity contribution is 9.10. The maximum absolute atomic E-state index is 6.21. The highest BCUT2D eigenvalue weighted by Gasteiger charge is 2.42. The van der Waals surface area contributed by atoms with Crippen LogP contribution in [0, 0.1) is 0 Å². The summed E-state index contributed by atoms with van der Waals surface area (Å²) >= 11 is 9.54. The van der Waals surface area contributed by atoms with Crippen LogP contribution in [0.2, 0.25) is 0 Å². The molecule has 7 heteroatoms. The molecule has 3 heterocycles. The lowest BCUT2D eigenvalue weighted by Gasteiger charge is -2.29. The number of benzene rings is 2. The van der Waals surface area contributed by atoms with E-state index in [2.05, 4.69) is 103 Å². The van der Waals surface area contributed by atoms with Crippen LogP contribution in [-0.4, -0.2) is 20.8 Å². The number of thiocarbonyl (C=S) groups is 1. The molecule has 182 valence electrons. The van der Waals surface area contributed by atoms with Gasteiger partial charge in [0.15, 0.2) is 5.11 Å². The van der Waals surface area contributed by atoms with Crippen LogP contribution in [0.1, 0.15) is 49.2 Å². The Labute approximate surface area is 225 Å². The first-order valence-electron chi connectivity index (χ1n) is 12.4. The quantitative estimate of drug-likeness (QED) is 0.255. The summed E-state index contributed by atoms with van der Waals surface area (Å²) in [5.41, 5.74) is 4.19. The second-order valence-corrected chi connectivity index (χ2v) is 10.6. The zero-order valence-electron chi connectivity index (χ0n) is 19.8. The van der Waals surface area contributed by atoms with Gasteiger partial charge in [-0.15, -0.1) is 0 Å². The number of pyridine rings is 1. The van der Waals surface area contributed by atoms with Crippen molar-refractivity contribution in [1.82, 2.24) is 14.9 Å². The minimum absolute atomic E-state index is 0.0945. The van der Waals surface area contributed by atoms with Crippen molar-refractivity contribution in [3.05, 3.63) is 107 Å². The third-order valence-electron chi connectivity index (χ3n) is 6.99. The Balaban J connectivity index is 1.40. The lowest BCUT2D eigenvalue weighted by Crippen LogP contribution is -2.30. The summed E-state index contributed by atoms with van der Waals surface area (Å²) in [6, 6.07) is 26.8. The van der Waals surface area contributed by atoms with Crippen molar-refractivity contribution < 1.29 is 4.74 Å². The number of anilines is 1. The summed E-state index contributed by atoms with van der Waals surface area (Å²) < 4.78 is 9.48. The number of rotatable bonds is 6. The second-order valence-electron chi connectivity index (χ2n) is 9.30. The van der Waals surface area contributed by atoms with Gasteiger partial charge in [0.2, 0.25) is 0 Å². The Morgan fingerprint density at radius 1 is 0.917 bits per heavy atom. The Morgan fingerprint density at radius 2 is 1.75 bits per heavy atom. The van der Waals surface area contributed by atoms with E-state index in [1.165, 1.54) is 12.8 Å². The Hall–Kier alpha value is -3.16. The summed E-state index contributed by atoms with van der Waals surface area (Å²) in [4.78, 5) is 6.89. The molecule has 2 aliphatic rings. The number of hydrogen-bond donors (Lipinski definition) is 1. The van der Waals surface area contributed by atoms with Crippen molar-refractivity contribution in [3.8, 4) is 11.4 Å². The van der Waals surface area contributed by atoms with E-state index in [4.69, 9.17) is 17.0 Å². The number of ether oxygens (including phenoxy) is 1. The van der Waals surface area contributed by atoms with Crippen molar-refractivity contribution in [2.75, 3.05) is 4.90 Å². The van der Waals surface area contributed by atoms with Gasteiger partial charge in [0.1, 0.15) is 11.8 Å². The zero-order valence-corrected chi connectivity index (χ0v) is 22.2. The van der Waals surface area contributed by atoms with Crippen molar-refractivity contribution in [2.45, 2.75) is 43.9 Å². The van der Waals surface area contributed by atoms with Gasteiger partial charge < -0.3 is 19.5 Å². The van der Waals surface area contributed by atoms with E-state index in [1.807, 2.05) is 24.4 Å². The monoisotopic (exact) mass is 558 g/mol. The molecular weight excluding hydrogens is 532 g/mol. The maximum Gasteiger partial charge on any atom is 0.174 e. The van der Waals surface area contributed by atoms with Crippen LogP contribution in [0.15, 0.2) is 95.7 Å². The standard InChI is InChI=1S/C29H27BrN4OS/c30-20-7-5-8-22(19-20)33-18-6-12-26(33)28-27(25-11-3-4-17-31-25)32-29(36)34(28)21-13-15-24(16-14-21)35-23-9-1-2-10-23/h3-8,11-19,23,27-28H,1-2,9-10H2,(H,32,36)/t27-,28+/m1/s1. The first-order chi connectivity index (χ1) is 17.7. The Bertz CT molecular complexity index is 1350. The van der Waals surface area contributed by atoms with Gasteiger partial charge in [-0.3, -0.25) is 4.98 Å². The van der Waals surface area contributed by atoms with Crippen LogP contribution in [0.4, 0.5) is 5.69 Å². The molecule has 0 bridgehead atoms. The van der Waals surface area contributed by atoms with Crippen LogP contribution < -0.4 is 15.0 Å². The average molecular weight is 560 g/mol. The molecule has 1 saturated carbocycles. The highest BCUT2D eigenvalue weighted by atomic mass is 79.9. The first kappa shape index (κ1) is 23.3. The van der Waals surface area contributed by atoms with Crippen LogP contribution in [0.25, 0.3) is 5.69 Å². The fourth-order valence-electron chi connectivity index (χ4n) is 5.31. The van der Waals surface area contributed by atoms with E-state index < -0.39 is 0 Å². The molecule has 2 atom stereocenters. The lowest BCUT2D eigenvalue weighted by molar-refractivity contribution is 0.210. The van der Waals surface area contributed by atoms with Crippen LogP contribution >= 0.6 is 28.1 Å². The molecule has 6 rings (SSSR count). The molecule has 4 aromatic rings. The summed E-state index contributed by atoms with van der Waals surface area (Å²) in [5.74, 6) is 0.916. The zero-order chi connectivity index (χ0) is 24.5. The number of hydrogen-bond acceptors (Lipinski definition) is 3. The summed E-state index contributed by atoms with van der Waals surface area (Å²) in [6.07, 6.45) is 9.06. The predicted molar refractivity (Wildman–Crippen MR) is 151 cm³/mol. The number of halogens is 1. The van der Waals surface area contributed by atoms with Gasteiger partial charge in [-0.25, -0.2) is 0 Å². The molecule has 36 heavy (non-hydrogen) atoms. The Kier molecular flexibility index (Phi) is 6.50. The van der Waals surface area contributed by atoms with Crippen molar-refractivity contribution in [2.24, 2.45) is 0 Å². The minimum atomic E-state index is -0.103. The number of nitrogens with zero attached hydrogens (tertiary/aromatic N) is 3. The largest absolute Gasteiger partial charge is 0.490 e. The van der Waals surface area contributed by atoms with E-state index in [0.29, 0.717) is 11.2 Å². The molecule has 2 aromatic carbocycles. The van der Waals surface area contributed by atoms with E-state index in [-0.39, 0.29) is 12.1 Å². The first-order valence-corrected chi connectivity index (χ1v) is 13.6. The molecular formula is C29H27BrN4OS. The van der Waals surface area contributed by atoms with E-state index in [0.717, 1.165) is 45.8 Å². The van der Waals surface area contributed by atoms with Gasteiger partial charge in [0.05, 0.1) is 17.8 Å². The fourth-order valence-corrected chi connectivity index (χ4v) is 6.05. The molecule has 0 amide bonds. The molecule has 2 aromatic heterocycles. The molecule has 0 radical (unpaired) electrons. The number of aromatic nitrogens is 2. The second kappa shape index (κ2) is 10.1. The minimum Gasteiger partial charge on any atom is -0.490 e. The van der Waals surface area contributed by atoms with Gasteiger partial charge in [0.25, 0.3) is 0 Å². The van der Waals surface area contributed by atoms with Crippen molar-refractivity contribution in [1.29, 1.82) is 0 Å². The molecule has 5 nitrogen and oxygen atoms in total. The highest BCUT2D eigenvalue weighted by Crippen LogP contribution is 2.42.